The largest absolute Gasteiger partial charge is 0.375 e. The Labute approximate surface area is 87.3 Å². The summed E-state index contributed by atoms with van der Waals surface area (Å²) in [5, 5.41) is 2.33. The van der Waals surface area contributed by atoms with Gasteiger partial charge in [-0.2, -0.15) is 0 Å². The molecule has 14 heavy (non-hydrogen) atoms. The highest BCUT2D eigenvalue weighted by molar-refractivity contribution is 7.13. The minimum atomic E-state index is 0.165. The fraction of sp³-hybridized carbons (Fsp3) is 0.400. The summed E-state index contributed by atoms with van der Waals surface area (Å²) in [6.07, 6.45) is 1.51. The maximum absolute atomic E-state index is 11.4. The van der Waals surface area contributed by atoms with E-state index in [0.29, 0.717) is 24.4 Å². The van der Waals surface area contributed by atoms with Crippen molar-refractivity contribution in [1.29, 1.82) is 0 Å². The molecule has 0 aliphatic rings. The van der Waals surface area contributed by atoms with Crippen LogP contribution in [-0.4, -0.2) is 10.8 Å². The summed E-state index contributed by atoms with van der Waals surface area (Å²) in [6, 6.07) is 0. The summed E-state index contributed by atoms with van der Waals surface area (Å²) in [5.41, 5.74) is 6.22. The van der Waals surface area contributed by atoms with Crippen LogP contribution in [0.15, 0.2) is 5.38 Å². The molecule has 0 bridgehead atoms. The molecule has 1 rings (SSSR count). The molecule has 0 spiro atoms. The lowest BCUT2D eigenvalue weighted by Gasteiger charge is -1.93. The third-order valence-electron chi connectivity index (χ3n) is 1.65. The highest BCUT2D eigenvalue weighted by Crippen LogP contribution is 2.12. The lowest BCUT2D eigenvalue weighted by Crippen LogP contribution is -2.02. The van der Waals surface area contributed by atoms with Crippen LogP contribution in [-0.2, 0) is 11.2 Å². The van der Waals surface area contributed by atoms with Crippen molar-refractivity contribution in [3.05, 3.63) is 11.1 Å². The van der Waals surface area contributed by atoms with Crippen molar-refractivity contribution in [3.8, 4) is 11.8 Å². The molecule has 0 saturated heterocycles. The van der Waals surface area contributed by atoms with Gasteiger partial charge in [0.1, 0.15) is 5.78 Å². The fourth-order valence-electron chi connectivity index (χ4n) is 1.02. The Bertz CT molecular complexity index is 373. The summed E-state index contributed by atoms with van der Waals surface area (Å²) in [7, 11) is 0. The molecule has 0 aromatic carbocycles. The van der Waals surface area contributed by atoms with E-state index >= 15 is 0 Å². The number of carbonyl (C=O) groups excluding carboxylic acids is 1. The number of hydrogen-bond donors (Lipinski definition) is 1. The van der Waals surface area contributed by atoms with Crippen molar-refractivity contribution in [1.82, 2.24) is 4.98 Å². The van der Waals surface area contributed by atoms with Crippen molar-refractivity contribution < 1.29 is 4.79 Å². The van der Waals surface area contributed by atoms with Gasteiger partial charge in [-0.05, 0) is 6.92 Å². The molecule has 0 unspecified atom stereocenters. The van der Waals surface area contributed by atoms with Crippen LogP contribution in [0.2, 0.25) is 0 Å². The first-order valence-corrected chi connectivity index (χ1v) is 5.21. The summed E-state index contributed by atoms with van der Waals surface area (Å²) in [4.78, 5) is 15.4. The number of aromatic nitrogens is 1. The minimum Gasteiger partial charge on any atom is -0.375 e. The van der Waals surface area contributed by atoms with E-state index < -0.39 is 0 Å². The van der Waals surface area contributed by atoms with Crippen LogP contribution in [0.5, 0.6) is 0 Å². The topological polar surface area (TPSA) is 56.0 Å². The van der Waals surface area contributed by atoms with Gasteiger partial charge in [0.25, 0.3) is 0 Å². The van der Waals surface area contributed by atoms with Crippen LogP contribution < -0.4 is 5.73 Å². The first-order chi connectivity index (χ1) is 6.72. The van der Waals surface area contributed by atoms with Crippen molar-refractivity contribution in [2.24, 2.45) is 0 Å². The number of Topliss-reactive ketones (excluding diaryl/α,β-unsaturated/α-hetero) is 1. The van der Waals surface area contributed by atoms with E-state index in [0.717, 1.165) is 5.69 Å². The summed E-state index contributed by atoms with van der Waals surface area (Å²) in [5.74, 6) is 5.78. The van der Waals surface area contributed by atoms with Gasteiger partial charge < -0.3 is 5.73 Å². The van der Waals surface area contributed by atoms with Gasteiger partial charge in [0.15, 0.2) is 5.13 Å². The van der Waals surface area contributed by atoms with Gasteiger partial charge in [-0.25, -0.2) is 4.98 Å². The standard InChI is InChI=1S/C10H12N2OS/c1-2-3-4-5-9(13)6-8-7-14-10(11)12-8/h7H,4-6H2,1H3,(H2,11,12). The first-order valence-electron chi connectivity index (χ1n) is 4.33. The molecule has 1 aromatic heterocycles. The number of anilines is 1. The van der Waals surface area contributed by atoms with Gasteiger partial charge in [-0.3, -0.25) is 4.79 Å². The van der Waals surface area contributed by atoms with Crippen LogP contribution in [0, 0.1) is 11.8 Å². The number of nitrogens with zero attached hydrogens (tertiary/aromatic N) is 1. The van der Waals surface area contributed by atoms with E-state index in [-0.39, 0.29) is 5.78 Å². The second-order valence-corrected chi connectivity index (χ2v) is 3.71. The SMILES string of the molecule is CC#CCCC(=O)Cc1csc(N)n1. The monoisotopic (exact) mass is 208 g/mol. The van der Waals surface area contributed by atoms with E-state index in [4.69, 9.17) is 5.73 Å². The highest BCUT2D eigenvalue weighted by Gasteiger charge is 2.05. The third kappa shape index (κ3) is 3.58. The van der Waals surface area contributed by atoms with Crippen molar-refractivity contribution >= 4 is 22.3 Å². The van der Waals surface area contributed by atoms with E-state index in [1.165, 1.54) is 11.3 Å². The molecule has 74 valence electrons. The zero-order chi connectivity index (χ0) is 10.4. The maximum Gasteiger partial charge on any atom is 0.180 e. The van der Waals surface area contributed by atoms with E-state index in [1.807, 2.05) is 5.38 Å². The van der Waals surface area contributed by atoms with Gasteiger partial charge >= 0.3 is 0 Å². The Morgan fingerprint density at radius 3 is 3.07 bits per heavy atom. The average molecular weight is 208 g/mol. The van der Waals surface area contributed by atoms with Gasteiger partial charge in [-0.15, -0.1) is 23.2 Å². The quantitative estimate of drug-likeness (QED) is 0.765. The number of nitrogen functional groups attached to an aromatic ring is 1. The number of ketones is 1. The molecule has 0 aliphatic heterocycles. The Hall–Kier alpha value is -1.34. The smallest absolute Gasteiger partial charge is 0.180 e. The molecule has 2 N–H and O–H groups in total. The van der Waals surface area contributed by atoms with Crippen LogP contribution in [0.4, 0.5) is 5.13 Å². The number of thiazole rings is 1. The molecule has 1 heterocycles. The van der Waals surface area contributed by atoms with Gasteiger partial charge in [-0.1, -0.05) is 0 Å². The van der Waals surface area contributed by atoms with E-state index in [1.54, 1.807) is 6.92 Å². The molecule has 4 heteroatoms. The minimum absolute atomic E-state index is 0.165. The molecule has 1 aromatic rings. The molecule has 0 aliphatic carbocycles. The second-order valence-electron chi connectivity index (χ2n) is 2.82. The molecule has 0 atom stereocenters. The summed E-state index contributed by atoms with van der Waals surface area (Å²) < 4.78 is 0. The number of hydrogen-bond acceptors (Lipinski definition) is 4. The predicted molar refractivity (Wildman–Crippen MR) is 57.9 cm³/mol. The van der Waals surface area contributed by atoms with Gasteiger partial charge in [0.2, 0.25) is 0 Å². The van der Waals surface area contributed by atoms with Crippen LogP contribution >= 0.6 is 11.3 Å². The Kier molecular flexibility index (Phi) is 4.14. The molecule has 0 radical (unpaired) electrons. The molecular weight excluding hydrogens is 196 g/mol. The van der Waals surface area contributed by atoms with Crippen molar-refractivity contribution in [2.75, 3.05) is 5.73 Å². The zero-order valence-electron chi connectivity index (χ0n) is 8.04. The highest BCUT2D eigenvalue weighted by atomic mass is 32.1. The number of carbonyl (C=O) groups is 1. The molecule has 0 fully saturated rings. The normalized spacial score (nSPS) is 9.21. The first kappa shape index (κ1) is 10.7. The lowest BCUT2D eigenvalue weighted by atomic mass is 10.1. The predicted octanol–water partition coefficient (Wildman–Crippen LogP) is 1.64. The Morgan fingerprint density at radius 1 is 1.71 bits per heavy atom. The Balaban J connectivity index is 2.36. The zero-order valence-corrected chi connectivity index (χ0v) is 8.86. The van der Waals surface area contributed by atoms with E-state index in [2.05, 4.69) is 16.8 Å². The second kappa shape index (κ2) is 5.40. The van der Waals surface area contributed by atoms with Crippen molar-refractivity contribution in [2.45, 2.75) is 26.2 Å². The summed E-state index contributed by atoms with van der Waals surface area (Å²) in [6.45, 7) is 1.77. The maximum atomic E-state index is 11.4. The summed E-state index contributed by atoms with van der Waals surface area (Å²) >= 11 is 1.36. The molecule has 0 saturated carbocycles. The van der Waals surface area contributed by atoms with Crippen molar-refractivity contribution in [3.63, 3.8) is 0 Å². The third-order valence-corrected chi connectivity index (χ3v) is 2.38. The van der Waals surface area contributed by atoms with Crippen LogP contribution in [0.3, 0.4) is 0 Å². The van der Waals surface area contributed by atoms with E-state index in [9.17, 15) is 4.79 Å². The molecule has 3 nitrogen and oxygen atoms in total. The number of rotatable bonds is 4. The van der Waals surface area contributed by atoms with Gasteiger partial charge in [0, 0.05) is 24.6 Å². The molecule has 0 amide bonds. The van der Waals surface area contributed by atoms with Gasteiger partial charge in [0.05, 0.1) is 5.69 Å². The lowest BCUT2D eigenvalue weighted by molar-refractivity contribution is -0.118. The van der Waals surface area contributed by atoms with Crippen LogP contribution in [0.1, 0.15) is 25.5 Å². The molecular formula is C10H12N2OS. The number of nitrogens with two attached hydrogens (primary N) is 1. The Morgan fingerprint density at radius 2 is 2.50 bits per heavy atom. The van der Waals surface area contributed by atoms with Crippen LogP contribution in [0.25, 0.3) is 0 Å². The fourth-order valence-corrected chi connectivity index (χ4v) is 1.58. The average Bonchev–Trinajstić information content (AvgIpc) is 2.52.